The summed E-state index contributed by atoms with van der Waals surface area (Å²) >= 11 is 0. The number of para-hydroxylation sites is 1. The summed E-state index contributed by atoms with van der Waals surface area (Å²) in [6, 6.07) is 14.2. The zero-order valence-electron chi connectivity index (χ0n) is 13.5. The van der Waals surface area contributed by atoms with Crippen LogP contribution >= 0.6 is 0 Å². The van der Waals surface area contributed by atoms with Crippen molar-refractivity contribution in [2.24, 2.45) is 0 Å². The predicted molar refractivity (Wildman–Crippen MR) is 96.4 cm³/mol. The summed E-state index contributed by atoms with van der Waals surface area (Å²) in [6.45, 7) is 4.14. The van der Waals surface area contributed by atoms with E-state index < -0.39 is 0 Å². The molecule has 0 saturated carbocycles. The van der Waals surface area contributed by atoms with E-state index in [1.165, 1.54) is 5.56 Å². The molecular weight excluding hydrogens is 282 g/mol. The van der Waals surface area contributed by atoms with Crippen molar-refractivity contribution in [3.05, 3.63) is 81.3 Å². The van der Waals surface area contributed by atoms with Crippen LogP contribution in [-0.2, 0) is 6.42 Å². The van der Waals surface area contributed by atoms with Gasteiger partial charge in [0.25, 0.3) is 5.56 Å². The van der Waals surface area contributed by atoms with E-state index in [4.69, 9.17) is 0 Å². The van der Waals surface area contributed by atoms with E-state index in [-0.39, 0.29) is 5.56 Å². The van der Waals surface area contributed by atoms with Gasteiger partial charge in [-0.15, -0.1) is 0 Å². The SMILES string of the molecule is Cc1cccc(C)c1-n1c2c(c3ccccc3c1=O)CCC=C2. The van der Waals surface area contributed by atoms with Crippen molar-refractivity contribution in [2.75, 3.05) is 0 Å². The summed E-state index contributed by atoms with van der Waals surface area (Å²) in [4.78, 5) is 13.2. The molecule has 1 aliphatic carbocycles. The summed E-state index contributed by atoms with van der Waals surface area (Å²) in [5.41, 5.74) is 5.67. The van der Waals surface area contributed by atoms with Gasteiger partial charge in [0.05, 0.1) is 11.4 Å². The van der Waals surface area contributed by atoms with Crippen LogP contribution in [0.15, 0.2) is 53.3 Å². The van der Waals surface area contributed by atoms with Gasteiger partial charge in [-0.1, -0.05) is 42.5 Å². The lowest BCUT2D eigenvalue weighted by Gasteiger charge is -2.22. The van der Waals surface area contributed by atoms with E-state index in [9.17, 15) is 4.79 Å². The summed E-state index contributed by atoms with van der Waals surface area (Å²) in [6.07, 6.45) is 6.29. The lowest BCUT2D eigenvalue weighted by molar-refractivity contribution is 0.900. The molecule has 0 spiro atoms. The minimum absolute atomic E-state index is 0.0725. The molecule has 2 aromatic carbocycles. The maximum Gasteiger partial charge on any atom is 0.263 e. The summed E-state index contributed by atoms with van der Waals surface area (Å²) in [5.74, 6) is 0. The number of pyridine rings is 1. The number of rotatable bonds is 1. The largest absolute Gasteiger partial charge is 0.276 e. The molecule has 114 valence electrons. The van der Waals surface area contributed by atoms with Gasteiger partial charge in [-0.05, 0) is 60.9 Å². The Hall–Kier alpha value is -2.61. The summed E-state index contributed by atoms with van der Waals surface area (Å²) in [7, 11) is 0. The number of aryl methyl sites for hydroxylation is 3. The number of hydrogen-bond donors (Lipinski definition) is 0. The average Bonchev–Trinajstić information content (AvgIpc) is 2.57. The van der Waals surface area contributed by atoms with Crippen LogP contribution in [0.5, 0.6) is 0 Å². The molecular formula is C21H19NO. The molecule has 0 atom stereocenters. The fourth-order valence-electron chi connectivity index (χ4n) is 3.68. The second-order valence-electron chi connectivity index (χ2n) is 6.23. The Labute approximate surface area is 135 Å². The van der Waals surface area contributed by atoms with Crippen LogP contribution in [0.4, 0.5) is 0 Å². The van der Waals surface area contributed by atoms with Gasteiger partial charge in [-0.3, -0.25) is 9.36 Å². The normalized spacial score (nSPS) is 13.3. The monoisotopic (exact) mass is 301 g/mol. The van der Waals surface area contributed by atoms with Crippen molar-refractivity contribution in [3.63, 3.8) is 0 Å². The van der Waals surface area contributed by atoms with Gasteiger partial charge < -0.3 is 0 Å². The molecule has 0 radical (unpaired) electrons. The highest BCUT2D eigenvalue weighted by Crippen LogP contribution is 2.29. The standard InChI is InChI=1S/C21H19NO/c1-14-8-7-9-15(2)20(14)22-19-13-6-5-11-17(19)16-10-3-4-12-18(16)21(22)23/h3-4,6-10,12-13H,5,11H2,1-2H3. The van der Waals surface area contributed by atoms with Crippen molar-refractivity contribution >= 4 is 16.8 Å². The van der Waals surface area contributed by atoms with Crippen LogP contribution in [0, 0.1) is 13.8 Å². The lowest BCUT2D eigenvalue weighted by atomic mass is 9.95. The van der Waals surface area contributed by atoms with Crippen LogP contribution in [-0.4, -0.2) is 4.57 Å². The van der Waals surface area contributed by atoms with Gasteiger partial charge in [0, 0.05) is 5.39 Å². The molecule has 0 unspecified atom stereocenters. The average molecular weight is 301 g/mol. The molecule has 0 N–H and O–H groups in total. The quantitative estimate of drug-likeness (QED) is 0.645. The zero-order valence-corrected chi connectivity index (χ0v) is 13.5. The second-order valence-corrected chi connectivity index (χ2v) is 6.23. The highest BCUT2D eigenvalue weighted by Gasteiger charge is 2.19. The Morgan fingerprint density at radius 3 is 2.35 bits per heavy atom. The molecule has 1 heterocycles. The van der Waals surface area contributed by atoms with Crippen molar-refractivity contribution < 1.29 is 0 Å². The maximum atomic E-state index is 13.2. The number of aromatic nitrogens is 1. The first-order valence-corrected chi connectivity index (χ1v) is 8.08. The van der Waals surface area contributed by atoms with E-state index in [0.29, 0.717) is 0 Å². The summed E-state index contributed by atoms with van der Waals surface area (Å²) in [5, 5.41) is 1.91. The molecule has 0 bridgehead atoms. The van der Waals surface area contributed by atoms with Gasteiger partial charge in [0.2, 0.25) is 0 Å². The van der Waals surface area contributed by atoms with Crippen LogP contribution in [0.1, 0.15) is 28.8 Å². The van der Waals surface area contributed by atoms with Gasteiger partial charge in [0.1, 0.15) is 0 Å². The molecule has 0 amide bonds. The third-order valence-corrected chi connectivity index (χ3v) is 4.74. The highest BCUT2D eigenvalue weighted by atomic mass is 16.1. The Morgan fingerprint density at radius 1 is 0.913 bits per heavy atom. The van der Waals surface area contributed by atoms with Crippen molar-refractivity contribution in [2.45, 2.75) is 26.7 Å². The minimum Gasteiger partial charge on any atom is -0.276 e. The van der Waals surface area contributed by atoms with Crippen LogP contribution in [0.2, 0.25) is 0 Å². The molecule has 1 aliphatic rings. The predicted octanol–water partition coefficient (Wildman–Crippen LogP) is 4.57. The zero-order chi connectivity index (χ0) is 16.0. The van der Waals surface area contributed by atoms with E-state index in [0.717, 1.165) is 46.1 Å². The van der Waals surface area contributed by atoms with E-state index in [2.05, 4.69) is 44.2 Å². The fourth-order valence-corrected chi connectivity index (χ4v) is 3.68. The number of nitrogens with zero attached hydrogens (tertiary/aromatic N) is 1. The topological polar surface area (TPSA) is 22.0 Å². The van der Waals surface area contributed by atoms with Crippen molar-refractivity contribution in [1.29, 1.82) is 0 Å². The van der Waals surface area contributed by atoms with E-state index in [1.807, 2.05) is 28.8 Å². The first-order valence-electron chi connectivity index (χ1n) is 8.08. The molecule has 0 saturated heterocycles. The van der Waals surface area contributed by atoms with E-state index >= 15 is 0 Å². The first kappa shape index (κ1) is 14.0. The highest BCUT2D eigenvalue weighted by molar-refractivity contribution is 5.88. The second kappa shape index (κ2) is 5.24. The molecule has 2 nitrogen and oxygen atoms in total. The number of hydrogen-bond acceptors (Lipinski definition) is 1. The minimum atomic E-state index is 0.0725. The maximum absolute atomic E-state index is 13.2. The Kier molecular flexibility index (Phi) is 3.19. The van der Waals surface area contributed by atoms with Crippen molar-refractivity contribution in [3.8, 4) is 5.69 Å². The number of allylic oxidation sites excluding steroid dienone is 1. The van der Waals surface area contributed by atoms with Gasteiger partial charge >= 0.3 is 0 Å². The number of fused-ring (bicyclic) bond motifs is 3. The lowest BCUT2D eigenvalue weighted by Crippen LogP contribution is -2.25. The first-order chi connectivity index (χ1) is 11.2. The molecule has 0 aliphatic heterocycles. The number of benzene rings is 2. The third kappa shape index (κ3) is 2.06. The molecule has 3 aromatic rings. The van der Waals surface area contributed by atoms with Crippen molar-refractivity contribution in [1.82, 2.24) is 4.57 Å². The Bertz CT molecular complexity index is 988. The van der Waals surface area contributed by atoms with Crippen LogP contribution in [0.3, 0.4) is 0 Å². The molecule has 0 fully saturated rings. The van der Waals surface area contributed by atoms with Crippen LogP contribution in [0.25, 0.3) is 22.5 Å². The van der Waals surface area contributed by atoms with Crippen LogP contribution < -0.4 is 5.56 Å². The summed E-state index contributed by atoms with van der Waals surface area (Å²) < 4.78 is 1.91. The Balaban J connectivity index is 2.23. The molecule has 4 rings (SSSR count). The van der Waals surface area contributed by atoms with Gasteiger partial charge in [-0.25, -0.2) is 0 Å². The molecule has 23 heavy (non-hydrogen) atoms. The third-order valence-electron chi connectivity index (χ3n) is 4.74. The Morgan fingerprint density at radius 2 is 1.61 bits per heavy atom. The smallest absolute Gasteiger partial charge is 0.263 e. The van der Waals surface area contributed by atoms with Gasteiger partial charge in [-0.2, -0.15) is 0 Å². The van der Waals surface area contributed by atoms with E-state index in [1.54, 1.807) is 0 Å². The molecule has 1 aromatic heterocycles. The molecule has 2 heteroatoms. The van der Waals surface area contributed by atoms with Gasteiger partial charge in [0.15, 0.2) is 0 Å². The fraction of sp³-hybridized carbons (Fsp3) is 0.190.